The molecule has 0 heterocycles. The number of hydrogen-bond acceptors (Lipinski definition) is 4. The van der Waals surface area contributed by atoms with Crippen molar-refractivity contribution in [1.29, 1.82) is 0 Å². The van der Waals surface area contributed by atoms with Gasteiger partial charge in [-0.25, -0.2) is 0 Å². The molecule has 2 nitrogen and oxygen atoms in total. The largest absolute Gasteiger partial charge is 0.288 e. The summed E-state index contributed by atoms with van der Waals surface area (Å²) in [7, 11) is 0. The van der Waals surface area contributed by atoms with E-state index in [1.807, 2.05) is 6.92 Å². The van der Waals surface area contributed by atoms with Crippen LogP contribution in [0.1, 0.15) is 20.8 Å². The molecule has 0 spiro atoms. The molecule has 0 aliphatic rings. The van der Waals surface area contributed by atoms with Crippen LogP contribution in [-0.4, -0.2) is 14.8 Å². The third kappa shape index (κ3) is 6.16. The second-order valence-corrected chi connectivity index (χ2v) is 5.12. The van der Waals surface area contributed by atoms with Gasteiger partial charge < -0.3 is 0 Å². The molecule has 0 aliphatic heterocycles. The van der Waals surface area contributed by atoms with Gasteiger partial charge in [-0.3, -0.25) is 9.59 Å². The van der Waals surface area contributed by atoms with Gasteiger partial charge in [-0.1, -0.05) is 23.5 Å². The van der Waals surface area contributed by atoms with Gasteiger partial charge in [0.05, 0.1) is 4.58 Å². The van der Waals surface area contributed by atoms with Crippen LogP contribution < -0.4 is 0 Å². The van der Waals surface area contributed by atoms with E-state index < -0.39 is 0 Å². The minimum Gasteiger partial charge on any atom is -0.288 e. The van der Waals surface area contributed by atoms with E-state index in [9.17, 15) is 9.59 Å². The van der Waals surface area contributed by atoms with Gasteiger partial charge in [0.15, 0.2) is 10.2 Å². The lowest BCUT2D eigenvalue weighted by Gasteiger charge is -2.03. The summed E-state index contributed by atoms with van der Waals surface area (Å²) in [6, 6.07) is 0. The van der Waals surface area contributed by atoms with Crippen molar-refractivity contribution >= 4 is 33.8 Å². The fourth-order valence-electron chi connectivity index (χ4n) is 0.491. The molecule has 0 aliphatic carbocycles. The highest BCUT2D eigenvalue weighted by molar-refractivity contribution is 8.29. The maximum Gasteiger partial charge on any atom is 0.186 e. The van der Waals surface area contributed by atoms with Crippen LogP contribution in [0, 0.1) is 0 Å². The first-order chi connectivity index (χ1) is 4.52. The summed E-state index contributed by atoms with van der Waals surface area (Å²) >= 11 is 2.37. The summed E-state index contributed by atoms with van der Waals surface area (Å²) in [4.78, 5) is 20.9. The molecule has 0 N–H and O–H groups in total. The van der Waals surface area contributed by atoms with Gasteiger partial charge in [0.25, 0.3) is 0 Å². The van der Waals surface area contributed by atoms with Gasteiger partial charge in [0, 0.05) is 13.8 Å². The second-order valence-electron chi connectivity index (χ2n) is 1.79. The molecule has 0 rings (SSSR count). The smallest absolute Gasteiger partial charge is 0.186 e. The molecule has 0 bridgehead atoms. The van der Waals surface area contributed by atoms with Crippen molar-refractivity contribution in [1.82, 2.24) is 0 Å². The van der Waals surface area contributed by atoms with Gasteiger partial charge in [-0.05, 0) is 6.92 Å². The minimum atomic E-state index is 0.0509. The maximum atomic E-state index is 10.5. The zero-order valence-electron chi connectivity index (χ0n) is 6.21. The molecule has 0 saturated heterocycles. The Morgan fingerprint density at radius 2 is 1.40 bits per heavy atom. The van der Waals surface area contributed by atoms with Crippen molar-refractivity contribution in [2.24, 2.45) is 0 Å². The molecule has 0 radical (unpaired) electrons. The molecule has 4 heteroatoms. The van der Waals surface area contributed by atoms with E-state index in [-0.39, 0.29) is 14.8 Å². The normalized spacial score (nSPS) is 10.0. The summed E-state index contributed by atoms with van der Waals surface area (Å²) in [5, 5.41) is 0.113. The SMILES string of the molecule is CC(=O)SC(C)SC(C)=O. The number of rotatable bonds is 2. The van der Waals surface area contributed by atoms with Crippen LogP contribution in [0.5, 0.6) is 0 Å². The van der Waals surface area contributed by atoms with Gasteiger partial charge >= 0.3 is 0 Å². The lowest BCUT2D eigenvalue weighted by molar-refractivity contribution is -0.109. The fourth-order valence-corrected chi connectivity index (χ4v) is 2.43. The standard InChI is InChI=1S/C6H10O2S2/c1-4(7)9-6(3)10-5(2)8/h6H,1-3H3. The van der Waals surface area contributed by atoms with Crippen molar-refractivity contribution in [2.75, 3.05) is 0 Å². The Hall–Kier alpha value is 0.0400. The van der Waals surface area contributed by atoms with Crippen molar-refractivity contribution in [2.45, 2.75) is 25.4 Å². The van der Waals surface area contributed by atoms with Crippen LogP contribution in [0.4, 0.5) is 0 Å². The van der Waals surface area contributed by atoms with Crippen molar-refractivity contribution < 1.29 is 9.59 Å². The Morgan fingerprint density at radius 1 is 1.10 bits per heavy atom. The van der Waals surface area contributed by atoms with Crippen LogP contribution in [0.3, 0.4) is 0 Å². The van der Waals surface area contributed by atoms with Crippen molar-refractivity contribution in [3.63, 3.8) is 0 Å². The third-order valence-corrected chi connectivity index (χ3v) is 2.57. The Balaban J connectivity index is 3.53. The molecule has 10 heavy (non-hydrogen) atoms. The zero-order valence-corrected chi connectivity index (χ0v) is 7.84. The van der Waals surface area contributed by atoms with Gasteiger partial charge in [-0.2, -0.15) is 0 Å². The van der Waals surface area contributed by atoms with E-state index >= 15 is 0 Å². The summed E-state index contributed by atoms with van der Waals surface area (Å²) in [6.45, 7) is 4.85. The minimum absolute atomic E-state index is 0.0509. The van der Waals surface area contributed by atoms with E-state index in [1.165, 1.54) is 37.4 Å². The Kier molecular flexibility index (Phi) is 4.81. The lowest BCUT2D eigenvalue weighted by Crippen LogP contribution is -1.97. The predicted octanol–water partition coefficient (Wildman–Crippen LogP) is 1.89. The van der Waals surface area contributed by atoms with Crippen LogP contribution >= 0.6 is 23.5 Å². The molecule has 0 atom stereocenters. The molecular formula is C6H10O2S2. The molecule has 0 aromatic heterocycles. The summed E-state index contributed by atoms with van der Waals surface area (Å²) in [5.74, 6) is 0. The van der Waals surface area contributed by atoms with Gasteiger partial charge in [0.2, 0.25) is 0 Å². The molecular weight excluding hydrogens is 168 g/mol. The van der Waals surface area contributed by atoms with Crippen LogP contribution in [0.2, 0.25) is 0 Å². The zero-order chi connectivity index (χ0) is 8.15. The molecule has 58 valence electrons. The highest BCUT2D eigenvalue weighted by Gasteiger charge is 2.08. The molecule has 0 aromatic carbocycles. The Morgan fingerprint density at radius 3 is 1.60 bits per heavy atom. The quantitative estimate of drug-likeness (QED) is 0.605. The number of carbonyl (C=O) groups excluding carboxylic acids is 2. The van der Waals surface area contributed by atoms with Crippen LogP contribution in [0.25, 0.3) is 0 Å². The molecule has 0 saturated carbocycles. The second kappa shape index (κ2) is 4.79. The van der Waals surface area contributed by atoms with Gasteiger partial charge in [0.1, 0.15) is 0 Å². The topological polar surface area (TPSA) is 34.1 Å². The third-order valence-electron chi connectivity index (χ3n) is 0.664. The Labute approximate surface area is 69.1 Å². The van der Waals surface area contributed by atoms with E-state index in [0.29, 0.717) is 0 Å². The average molecular weight is 178 g/mol. The van der Waals surface area contributed by atoms with Crippen LogP contribution in [0.15, 0.2) is 0 Å². The van der Waals surface area contributed by atoms with Gasteiger partial charge in [-0.15, -0.1) is 0 Å². The first kappa shape index (κ1) is 10.0. The highest BCUT2D eigenvalue weighted by Crippen LogP contribution is 2.23. The average Bonchev–Trinajstić information content (AvgIpc) is 1.58. The summed E-state index contributed by atoms with van der Waals surface area (Å²) < 4.78 is 0.0509. The predicted molar refractivity (Wildman–Crippen MR) is 46.0 cm³/mol. The summed E-state index contributed by atoms with van der Waals surface area (Å²) in [5.41, 5.74) is 0. The summed E-state index contributed by atoms with van der Waals surface area (Å²) in [6.07, 6.45) is 0. The van der Waals surface area contributed by atoms with E-state index in [4.69, 9.17) is 0 Å². The molecule has 0 unspecified atom stereocenters. The van der Waals surface area contributed by atoms with Crippen molar-refractivity contribution in [3.8, 4) is 0 Å². The Bertz CT molecular complexity index is 129. The first-order valence-corrected chi connectivity index (χ1v) is 4.62. The lowest BCUT2D eigenvalue weighted by atomic mass is 10.9. The first-order valence-electron chi connectivity index (χ1n) is 2.87. The van der Waals surface area contributed by atoms with Crippen molar-refractivity contribution in [3.05, 3.63) is 0 Å². The maximum absolute atomic E-state index is 10.5. The van der Waals surface area contributed by atoms with E-state index in [2.05, 4.69) is 0 Å². The van der Waals surface area contributed by atoms with Crippen LogP contribution in [-0.2, 0) is 9.59 Å². The molecule has 0 fully saturated rings. The number of hydrogen-bond donors (Lipinski definition) is 0. The van der Waals surface area contributed by atoms with E-state index in [1.54, 1.807) is 0 Å². The van der Waals surface area contributed by atoms with E-state index in [0.717, 1.165) is 0 Å². The fraction of sp³-hybridized carbons (Fsp3) is 0.667. The monoisotopic (exact) mass is 178 g/mol. The number of thioether (sulfide) groups is 2. The molecule has 0 aromatic rings. The highest BCUT2D eigenvalue weighted by atomic mass is 32.2. The molecule has 0 amide bonds. The number of carbonyl (C=O) groups is 2.